The quantitative estimate of drug-likeness (QED) is 0.307. The van der Waals surface area contributed by atoms with Crippen LogP contribution in [0.15, 0.2) is 54.6 Å². The van der Waals surface area contributed by atoms with Gasteiger partial charge in [-0.25, -0.2) is 4.79 Å². The number of ether oxygens (including phenoxy) is 1. The molecule has 4 aliphatic carbocycles. The van der Waals surface area contributed by atoms with Crippen molar-refractivity contribution in [2.24, 2.45) is 23.7 Å². The average Bonchev–Trinajstić information content (AvgIpc) is 3.07. The third-order valence-electron chi connectivity index (χ3n) is 9.16. The number of nitrogen functional groups attached to an aromatic ring is 1. The number of amides is 1. The van der Waals surface area contributed by atoms with Gasteiger partial charge in [-0.05, 0) is 110 Å². The molecule has 0 aromatic heterocycles. The highest BCUT2D eigenvalue weighted by molar-refractivity contribution is 6.06. The Morgan fingerprint density at radius 3 is 2.27 bits per heavy atom. The van der Waals surface area contributed by atoms with E-state index >= 15 is 0 Å². The highest BCUT2D eigenvalue weighted by Crippen LogP contribution is 2.55. The second kappa shape index (κ2) is 9.71. The molecule has 0 aliphatic heterocycles. The second-order valence-electron chi connectivity index (χ2n) is 11.8. The normalized spacial score (nSPS) is 27.4. The van der Waals surface area contributed by atoms with Crippen LogP contribution in [0.4, 0.5) is 18.9 Å². The van der Waals surface area contributed by atoms with Gasteiger partial charge in [0.05, 0.1) is 11.1 Å². The zero-order valence-electron chi connectivity index (χ0n) is 21.8. The number of fused-ring (bicyclic) bond motifs is 2. The molecule has 9 heteroatoms. The minimum absolute atomic E-state index is 0.0833. The SMILES string of the molecule is Nc1ccc2c(OCc3ccc(C(F)(F)F)cc3)c(C(=O)N[C@@]3(C(=O)O)CC4C[C@@H]5C[C@H](C4)C[C@H]3C5)ccc2c1. The van der Waals surface area contributed by atoms with E-state index in [2.05, 4.69) is 5.32 Å². The van der Waals surface area contributed by atoms with E-state index < -0.39 is 29.2 Å². The van der Waals surface area contributed by atoms with Gasteiger partial charge in [-0.2, -0.15) is 13.2 Å². The van der Waals surface area contributed by atoms with Gasteiger partial charge in [0.1, 0.15) is 17.9 Å². The van der Waals surface area contributed by atoms with Gasteiger partial charge in [0, 0.05) is 11.1 Å². The number of nitrogens with two attached hydrogens (primary N) is 1. The number of carboxylic acids is 1. The van der Waals surface area contributed by atoms with Crippen LogP contribution in [-0.2, 0) is 17.6 Å². The van der Waals surface area contributed by atoms with Crippen molar-refractivity contribution in [2.75, 3.05) is 5.73 Å². The van der Waals surface area contributed by atoms with Crippen LogP contribution in [0.25, 0.3) is 10.8 Å². The van der Waals surface area contributed by atoms with Crippen LogP contribution in [0.3, 0.4) is 0 Å². The number of carboxylic acid groups (broad SMARTS) is 1. The van der Waals surface area contributed by atoms with Crippen LogP contribution in [0.5, 0.6) is 5.75 Å². The van der Waals surface area contributed by atoms with E-state index in [1.165, 1.54) is 12.1 Å². The van der Waals surface area contributed by atoms with Crippen LogP contribution in [-0.4, -0.2) is 22.5 Å². The molecule has 40 heavy (non-hydrogen) atoms. The van der Waals surface area contributed by atoms with Crippen LogP contribution < -0.4 is 15.8 Å². The molecular formula is C31H31F3N2O4. The number of carbonyl (C=O) groups excluding carboxylic acids is 1. The maximum atomic E-state index is 13.9. The lowest BCUT2D eigenvalue weighted by Gasteiger charge is -2.41. The van der Waals surface area contributed by atoms with E-state index in [1.54, 1.807) is 30.3 Å². The lowest BCUT2D eigenvalue weighted by molar-refractivity contribution is -0.148. The number of carbonyl (C=O) groups is 2. The largest absolute Gasteiger partial charge is 0.487 e. The molecule has 3 aromatic rings. The van der Waals surface area contributed by atoms with Gasteiger partial charge in [-0.3, -0.25) is 4.79 Å². The summed E-state index contributed by atoms with van der Waals surface area (Å²) in [6.45, 7) is -0.0833. The summed E-state index contributed by atoms with van der Waals surface area (Å²) in [6.07, 6.45) is 0.733. The topological polar surface area (TPSA) is 102 Å². The second-order valence-corrected chi connectivity index (χ2v) is 11.8. The molecule has 4 fully saturated rings. The standard InChI is InChI=1S/C31H31F3N2O4/c32-31(33,34)22-4-1-17(2-5-22)16-40-27-25-8-6-24(35)14-21(25)3-7-26(27)28(37)36-30(29(38)39)15-20-10-18-9-19(11-20)13-23(30)12-18/h1-8,14,18-20,23H,9-13,15-16,35H2,(H,36,37)(H,38,39)/t18-,19+,20?,23+,30-/m0/s1. The van der Waals surface area contributed by atoms with Crippen molar-refractivity contribution in [1.29, 1.82) is 0 Å². The number of alkyl halides is 3. The molecule has 4 aliphatic rings. The summed E-state index contributed by atoms with van der Waals surface area (Å²) in [6, 6.07) is 13.1. The molecular weight excluding hydrogens is 521 g/mol. The highest BCUT2D eigenvalue weighted by atomic mass is 19.4. The van der Waals surface area contributed by atoms with E-state index in [4.69, 9.17) is 10.5 Å². The molecule has 4 N–H and O–H groups in total. The molecule has 7 rings (SSSR count). The van der Waals surface area contributed by atoms with Crippen LogP contribution in [0.2, 0.25) is 0 Å². The molecule has 4 bridgehead atoms. The summed E-state index contributed by atoms with van der Waals surface area (Å²) < 4.78 is 45.1. The lowest BCUT2D eigenvalue weighted by atomic mass is 9.66. The van der Waals surface area contributed by atoms with Gasteiger partial charge in [-0.1, -0.05) is 18.2 Å². The summed E-state index contributed by atoms with van der Waals surface area (Å²) in [7, 11) is 0. The first kappa shape index (κ1) is 26.5. The van der Waals surface area contributed by atoms with Gasteiger partial charge in [0.15, 0.2) is 0 Å². The van der Waals surface area contributed by atoms with Gasteiger partial charge >= 0.3 is 12.1 Å². The molecule has 4 saturated carbocycles. The maximum absolute atomic E-state index is 13.9. The predicted molar refractivity (Wildman–Crippen MR) is 144 cm³/mol. The zero-order chi connectivity index (χ0) is 28.2. The van der Waals surface area contributed by atoms with Gasteiger partial charge in [-0.15, -0.1) is 0 Å². The first-order chi connectivity index (χ1) is 19.0. The Morgan fingerprint density at radius 1 is 0.950 bits per heavy atom. The third-order valence-corrected chi connectivity index (χ3v) is 9.16. The van der Waals surface area contributed by atoms with E-state index in [1.807, 2.05) is 0 Å². The summed E-state index contributed by atoms with van der Waals surface area (Å²) in [5.74, 6) is -0.159. The van der Waals surface area contributed by atoms with Crippen LogP contribution in [0.1, 0.15) is 60.0 Å². The fraction of sp³-hybridized carbons (Fsp3) is 0.419. The summed E-state index contributed by atoms with van der Waals surface area (Å²) in [5.41, 5.74) is 5.03. The van der Waals surface area contributed by atoms with Gasteiger partial charge < -0.3 is 20.9 Å². The predicted octanol–water partition coefficient (Wildman–Crippen LogP) is 6.42. The number of anilines is 1. The Kier molecular flexibility index (Phi) is 6.43. The number of hydrogen-bond donors (Lipinski definition) is 3. The third kappa shape index (κ3) is 4.75. The summed E-state index contributed by atoms with van der Waals surface area (Å²) in [5, 5.41) is 14.8. The van der Waals surface area contributed by atoms with Crippen molar-refractivity contribution in [2.45, 2.75) is 56.8 Å². The summed E-state index contributed by atoms with van der Waals surface area (Å²) >= 11 is 0. The smallest absolute Gasteiger partial charge is 0.416 e. The number of aliphatic carboxylic acids is 1. The molecule has 6 nitrogen and oxygen atoms in total. The molecule has 0 saturated heterocycles. The molecule has 0 spiro atoms. The Bertz CT molecular complexity index is 1460. The van der Waals surface area contributed by atoms with Crippen molar-refractivity contribution >= 4 is 28.3 Å². The minimum atomic E-state index is -4.45. The number of nitrogens with one attached hydrogen (secondary N) is 1. The van der Waals surface area contributed by atoms with E-state index in [0.29, 0.717) is 34.9 Å². The lowest BCUT2D eigenvalue weighted by Crippen LogP contribution is -2.59. The fourth-order valence-corrected chi connectivity index (χ4v) is 7.52. The Labute approximate surface area is 229 Å². The molecule has 1 unspecified atom stereocenters. The van der Waals surface area contributed by atoms with Crippen molar-refractivity contribution in [3.8, 4) is 5.75 Å². The number of halogens is 3. The van der Waals surface area contributed by atoms with E-state index in [-0.39, 0.29) is 29.8 Å². The Morgan fingerprint density at radius 2 is 1.62 bits per heavy atom. The van der Waals surface area contributed by atoms with Crippen LogP contribution in [0, 0.1) is 23.7 Å². The van der Waals surface area contributed by atoms with Crippen molar-refractivity contribution < 1.29 is 32.6 Å². The maximum Gasteiger partial charge on any atom is 0.416 e. The molecule has 0 radical (unpaired) electrons. The molecule has 5 atom stereocenters. The van der Waals surface area contributed by atoms with Gasteiger partial charge in [0.25, 0.3) is 5.91 Å². The van der Waals surface area contributed by atoms with Gasteiger partial charge in [0.2, 0.25) is 0 Å². The molecule has 210 valence electrons. The monoisotopic (exact) mass is 552 g/mol. The Balaban J connectivity index is 1.33. The number of rotatable bonds is 6. The van der Waals surface area contributed by atoms with Crippen LogP contribution >= 0.6 is 0 Å². The minimum Gasteiger partial charge on any atom is -0.487 e. The summed E-state index contributed by atoms with van der Waals surface area (Å²) in [4.78, 5) is 26.8. The van der Waals surface area contributed by atoms with Crippen molar-refractivity contribution in [1.82, 2.24) is 5.32 Å². The van der Waals surface area contributed by atoms with Crippen molar-refractivity contribution in [3.63, 3.8) is 0 Å². The Hall–Kier alpha value is -3.75. The first-order valence-electron chi connectivity index (χ1n) is 13.7. The number of benzene rings is 3. The fourth-order valence-electron chi connectivity index (χ4n) is 7.52. The highest BCUT2D eigenvalue weighted by Gasteiger charge is 2.56. The van der Waals surface area contributed by atoms with E-state index in [0.717, 1.165) is 49.6 Å². The molecule has 3 aromatic carbocycles. The molecule has 0 heterocycles. The zero-order valence-corrected chi connectivity index (χ0v) is 21.8. The molecule has 1 amide bonds. The first-order valence-corrected chi connectivity index (χ1v) is 13.7. The number of hydrogen-bond acceptors (Lipinski definition) is 4. The van der Waals surface area contributed by atoms with Crippen molar-refractivity contribution in [3.05, 3.63) is 71.3 Å². The van der Waals surface area contributed by atoms with E-state index in [9.17, 15) is 27.9 Å². The average molecular weight is 553 g/mol.